The molecular formula is C16H18BrF3N2O2. The second-order valence-corrected chi connectivity index (χ2v) is 6.72. The van der Waals surface area contributed by atoms with Crippen molar-refractivity contribution in [2.24, 2.45) is 0 Å². The summed E-state index contributed by atoms with van der Waals surface area (Å²) >= 11 is 3.44. The van der Waals surface area contributed by atoms with E-state index >= 15 is 0 Å². The van der Waals surface area contributed by atoms with Crippen molar-refractivity contribution in [3.8, 4) is 0 Å². The highest BCUT2D eigenvalue weighted by Gasteiger charge is 2.27. The third-order valence-electron chi connectivity index (χ3n) is 4.05. The SMILES string of the molecule is FC(F)(F)COCCn1c(C2CCOCC2)nc2ccc(Br)cc21. The van der Waals surface area contributed by atoms with Gasteiger partial charge in [0, 0.05) is 30.1 Å². The molecule has 8 heteroatoms. The lowest BCUT2D eigenvalue weighted by molar-refractivity contribution is -0.174. The third kappa shape index (κ3) is 4.29. The van der Waals surface area contributed by atoms with E-state index in [0.717, 1.165) is 34.2 Å². The van der Waals surface area contributed by atoms with Gasteiger partial charge in [0.25, 0.3) is 0 Å². The summed E-state index contributed by atoms with van der Waals surface area (Å²) in [6, 6.07) is 5.76. The summed E-state index contributed by atoms with van der Waals surface area (Å²) in [5.41, 5.74) is 1.75. The van der Waals surface area contributed by atoms with Crippen molar-refractivity contribution in [1.29, 1.82) is 0 Å². The molecule has 2 heterocycles. The Morgan fingerprint density at radius 1 is 1.29 bits per heavy atom. The number of halogens is 4. The lowest BCUT2D eigenvalue weighted by Gasteiger charge is -2.22. The molecule has 1 saturated heterocycles. The van der Waals surface area contributed by atoms with Gasteiger partial charge in [0.15, 0.2) is 0 Å². The van der Waals surface area contributed by atoms with Gasteiger partial charge in [-0.05, 0) is 31.0 Å². The van der Waals surface area contributed by atoms with Gasteiger partial charge in [-0.2, -0.15) is 13.2 Å². The van der Waals surface area contributed by atoms with Crippen molar-refractivity contribution in [1.82, 2.24) is 9.55 Å². The maximum atomic E-state index is 12.2. The van der Waals surface area contributed by atoms with E-state index in [4.69, 9.17) is 14.5 Å². The molecule has 2 aromatic rings. The Kier molecular flexibility index (Phi) is 5.46. The Morgan fingerprint density at radius 2 is 2.04 bits per heavy atom. The van der Waals surface area contributed by atoms with Crippen molar-refractivity contribution in [3.05, 3.63) is 28.5 Å². The van der Waals surface area contributed by atoms with Gasteiger partial charge in [0.2, 0.25) is 0 Å². The van der Waals surface area contributed by atoms with Gasteiger partial charge in [-0.1, -0.05) is 15.9 Å². The fourth-order valence-corrected chi connectivity index (χ4v) is 3.31. The topological polar surface area (TPSA) is 36.3 Å². The largest absolute Gasteiger partial charge is 0.411 e. The summed E-state index contributed by atoms with van der Waals surface area (Å²) < 4.78 is 49.8. The van der Waals surface area contributed by atoms with Crippen LogP contribution in [0.5, 0.6) is 0 Å². The van der Waals surface area contributed by atoms with E-state index in [-0.39, 0.29) is 12.5 Å². The van der Waals surface area contributed by atoms with Crippen LogP contribution in [0.2, 0.25) is 0 Å². The Morgan fingerprint density at radius 3 is 2.75 bits per heavy atom. The number of alkyl halides is 3. The van der Waals surface area contributed by atoms with Gasteiger partial charge in [0.05, 0.1) is 17.6 Å². The van der Waals surface area contributed by atoms with Crippen LogP contribution >= 0.6 is 15.9 Å². The van der Waals surface area contributed by atoms with Crippen molar-refractivity contribution in [2.45, 2.75) is 31.5 Å². The molecule has 0 N–H and O–H groups in total. The summed E-state index contributed by atoms with van der Waals surface area (Å²) in [5.74, 6) is 1.16. The summed E-state index contributed by atoms with van der Waals surface area (Å²) in [7, 11) is 0. The van der Waals surface area contributed by atoms with E-state index in [1.165, 1.54) is 0 Å². The highest BCUT2D eigenvalue weighted by atomic mass is 79.9. The number of benzene rings is 1. The number of nitrogens with zero attached hydrogens (tertiary/aromatic N) is 2. The minimum atomic E-state index is -4.30. The number of imidazole rings is 1. The van der Waals surface area contributed by atoms with Gasteiger partial charge < -0.3 is 14.0 Å². The van der Waals surface area contributed by atoms with E-state index in [0.29, 0.717) is 19.8 Å². The van der Waals surface area contributed by atoms with Crippen LogP contribution in [-0.4, -0.2) is 42.2 Å². The average Bonchev–Trinajstić information content (AvgIpc) is 2.89. The van der Waals surface area contributed by atoms with Gasteiger partial charge in [0.1, 0.15) is 12.4 Å². The Hall–Kier alpha value is -1.12. The molecule has 1 aromatic carbocycles. The Bertz CT molecular complexity index is 696. The first kappa shape index (κ1) is 17.7. The molecule has 0 radical (unpaired) electrons. The lowest BCUT2D eigenvalue weighted by atomic mass is 9.99. The minimum absolute atomic E-state index is 0.00625. The maximum absolute atomic E-state index is 12.2. The van der Waals surface area contributed by atoms with Gasteiger partial charge in [-0.25, -0.2) is 4.98 Å². The van der Waals surface area contributed by atoms with E-state index < -0.39 is 12.8 Å². The maximum Gasteiger partial charge on any atom is 0.411 e. The van der Waals surface area contributed by atoms with Crippen LogP contribution in [0, 0.1) is 0 Å². The van der Waals surface area contributed by atoms with Crippen molar-refractivity contribution < 1.29 is 22.6 Å². The fourth-order valence-electron chi connectivity index (χ4n) is 2.96. The zero-order valence-electron chi connectivity index (χ0n) is 13.0. The van der Waals surface area contributed by atoms with Crippen LogP contribution in [0.1, 0.15) is 24.6 Å². The number of rotatable bonds is 5. The average molecular weight is 407 g/mol. The first-order valence-corrected chi connectivity index (χ1v) is 8.61. The van der Waals surface area contributed by atoms with Crippen molar-refractivity contribution in [3.63, 3.8) is 0 Å². The van der Waals surface area contributed by atoms with Gasteiger partial charge >= 0.3 is 6.18 Å². The molecule has 0 atom stereocenters. The first-order valence-electron chi connectivity index (χ1n) is 7.82. The van der Waals surface area contributed by atoms with Gasteiger partial charge in [-0.15, -0.1) is 0 Å². The monoisotopic (exact) mass is 406 g/mol. The zero-order valence-corrected chi connectivity index (χ0v) is 14.6. The predicted octanol–water partition coefficient (Wildman–Crippen LogP) is 4.27. The molecule has 1 aliphatic rings. The number of hydrogen-bond donors (Lipinski definition) is 0. The third-order valence-corrected chi connectivity index (χ3v) is 4.54. The van der Waals surface area contributed by atoms with E-state index in [9.17, 15) is 13.2 Å². The van der Waals surface area contributed by atoms with Crippen molar-refractivity contribution >= 4 is 27.0 Å². The fraction of sp³-hybridized carbons (Fsp3) is 0.562. The van der Waals surface area contributed by atoms with Crippen LogP contribution in [0.4, 0.5) is 13.2 Å². The summed E-state index contributed by atoms with van der Waals surface area (Å²) in [5, 5.41) is 0. The quantitative estimate of drug-likeness (QED) is 0.695. The van der Waals surface area contributed by atoms with Crippen molar-refractivity contribution in [2.75, 3.05) is 26.4 Å². The van der Waals surface area contributed by atoms with Crippen LogP contribution in [0.15, 0.2) is 22.7 Å². The molecule has 0 bridgehead atoms. The predicted molar refractivity (Wildman–Crippen MR) is 87.1 cm³/mol. The first-order chi connectivity index (χ1) is 11.4. The van der Waals surface area contributed by atoms with E-state index in [1.54, 1.807) is 0 Å². The summed E-state index contributed by atoms with van der Waals surface area (Å²) in [6.45, 7) is 0.476. The summed E-state index contributed by atoms with van der Waals surface area (Å²) in [4.78, 5) is 4.71. The molecular weight excluding hydrogens is 389 g/mol. The van der Waals surface area contributed by atoms with Crippen LogP contribution in [0.25, 0.3) is 11.0 Å². The molecule has 1 aliphatic heterocycles. The van der Waals surface area contributed by atoms with Crippen LogP contribution in [-0.2, 0) is 16.0 Å². The molecule has 4 nitrogen and oxygen atoms in total. The zero-order chi connectivity index (χ0) is 17.2. The standard InChI is InChI=1S/C16H18BrF3N2O2/c17-12-1-2-13-14(9-12)22(5-8-24-10-16(18,19)20)15(21-13)11-3-6-23-7-4-11/h1-2,9,11H,3-8,10H2. The second-order valence-electron chi connectivity index (χ2n) is 5.81. The molecule has 0 spiro atoms. The molecule has 1 aromatic heterocycles. The minimum Gasteiger partial charge on any atom is -0.381 e. The smallest absolute Gasteiger partial charge is 0.381 e. The Labute approximate surface area is 146 Å². The normalized spacial score (nSPS) is 16.8. The lowest BCUT2D eigenvalue weighted by Crippen LogP contribution is -2.21. The van der Waals surface area contributed by atoms with E-state index in [1.807, 2.05) is 22.8 Å². The Balaban J connectivity index is 1.83. The number of ether oxygens (including phenoxy) is 2. The molecule has 0 amide bonds. The highest BCUT2D eigenvalue weighted by molar-refractivity contribution is 9.10. The number of fused-ring (bicyclic) bond motifs is 1. The molecule has 0 saturated carbocycles. The highest BCUT2D eigenvalue weighted by Crippen LogP contribution is 2.30. The second kappa shape index (κ2) is 7.41. The molecule has 1 fully saturated rings. The van der Waals surface area contributed by atoms with Crippen LogP contribution in [0.3, 0.4) is 0 Å². The molecule has 0 aliphatic carbocycles. The molecule has 24 heavy (non-hydrogen) atoms. The molecule has 0 unspecified atom stereocenters. The summed E-state index contributed by atoms with van der Waals surface area (Å²) in [6.07, 6.45) is -2.56. The number of hydrogen-bond acceptors (Lipinski definition) is 3. The van der Waals surface area contributed by atoms with E-state index in [2.05, 4.69) is 15.9 Å². The van der Waals surface area contributed by atoms with Gasteiger partial charge in [-0.3, -0.25) is 0 Å². The molecule has 132 valence electrons. The molecule has 3 rings (SSSR count). The number of aromatic nitrogens is 2. The van der Waals surface area contributed by atoms with Crippen LogP contribution < -0.4 is 0 Å².